The molecule has 1 aromatic heterocycles. The minimum Gasteiger partial charge on any atom is -0.370 e. The summed E-state index contributed by atoms with van der Waals surface area (Å²) in [6, 6.07) is 0. The molecule has 0 saturated carbocycles. The highest BCUT2D eigenvalue weighted by Crippen LogP contribution is 2.09. The molecule has 1 fully saturated rings. The molecule has 0 unspecified atom stereocenters. The highest BCUT2D eigenvalue weighted by Gasteiger charge is 2.11. The van der Waals surface area contributed by atoms with E-state index in [4.69, 9.17) is 5.73 Å². The maximum Gasteiger partial charge on any atom is 0.191 e. The van der Waals surface area contributed by atoms with E-state index in [-0.39, 0.29) is 0 Å². The van der Waals surface area contributed by atoms with Gasteiger partial charge < -0.3 is 10.6 Å². The van der Waals surface area contributed by atoms with Crippen molar-refractivity contribution in [3.63, 3.8) is 0 Å². The topological polar surface area (TPSA) is 54.5 Å². The van der Waals surface area contributed by atoms with Crippen LogP contribution in [0.4, 0.5) is 0 Å². The van der Waals surface area contributed by atoms with E-state index in [1.54, 1.807) is 11.3 Å². The lowest BCUT2D eigenvalue weighted by Gasteiger charge is -2.27. The van der Waals surface area contributed by atoms with Gasteiger partial charge in [-0.05, 0) is 0 Å². The Hall–Kier alpha value is -0.750. The van der Waals surface area contributed by atoms with Crippen molar-refractivity contribution in [1.29, 1.82) is 0 Å². The molecule has 0 atom stereocenters. The maximum absolute atomic E-state index is 5.94. The van der Waals surface area contributed by atoms with Crippen LogP contribution in [0, 0.1) is 0 Å². The van der Waals surface area contributed by atoms with Crippen LogP contribution >= 0.6 is 23.1 Å². The van der Waals surface area contributed by atoms with Gasteiger partial charge in [-0.15, -0.1) is 11.3 Å². The van der Waals surface area contributed by atoms with Crippen LogP contribution in [-0.4, -0.2) is 47.0 Å². The van der Waals surface area contributed by atoms with Crippen molar-refractivity contribution in [3.8, 4) is 0 Å². The number of aromatic nitrogens is 1. The summed E-state index contributed by atoms with van der Waals surface area (Å²) in [5, 5.41) is 3.12. The van der Waals surface area contributed by atoms with Gasteiger partial charge in [-0.25, -0.2) is 4.98 Å². The predicted molar refractivity (Wildman–Crippen MR) is 71.2 cm³/mol. The standard InChI is InChI=1S/C10H16N4S2/c11-10(14-4-7-15-8-5-14)13-2-1-9-12-3-6-16-9/h3,6H,1-2,4-5,7-8H2,(H2,11,13). The Labute approximate surface area is 104 Å². The molecule has 0 aromatic carbocycles. The van der Waals surface area contributed by atoms with Gasteiger partial charge in [0.1, 0.15) is 0 Å². The molecule has 0 spiro atoms. The summed E-state index contributed by atoms with van der Waals surface area (Å²) in [5.74, 6) is 3.00. The van der Waals surface area contributed by atoms with E-state index in [0.29, 0.717) is 5.96 Å². The Morgan fingerprint density at radius 3 is 3.00 bits per heavy atom. The zero-order valence-electron chi connectivity index (χ0n) is 9.13. The van der Waals surface area contributed by atoms with E-state index in [0.717, 1.165) is 42.6 Å². The van der Waals surface area contributed by atoms with Crippen LogP contribution in [0.5, 0.6) is 0 Å². The first-order chi connectivity index (χ1) is 7.86. The summed E-state index contributed by atoms with van der Waals surface area (Å²) in [5.41, 5.74) is 5.94. The minimum atomic E-state index is 0.692. The van der Waals surface area contributed by atoms with Crippen molar-refractivity contribution in [1.82, 2.24) is 9.88 Å². The van der Waals surface area contributed by atoms with E-state index in [1.165, 1.54) is 0 Å². The van der Waals surface area contributed by atoms with E-state index in [2.05, 4.69) is 14.9 Å². The molecule has 6 heteroatoms. The average Bonchev–Trinajstić information content (AvgIpc) is 2.83. The van der Waals surface area contributed by atoms with Crippen molar-refractivity contribution < 1.29 is 0 Å². The molecule has 0 amide bonds. The fraction of sp³-hybridized carbons (Fsp3) is 0.600. The lowest BCUT2D eigenvalue weighted by molar-refractivity contribution is 0.456. The van der Waals surface area contributed by atoms with Crippen LogP contribution in [0.3, 0.4) is 0 Å². The molecule has 0 bridgehead atoms. The number of nitrogens with zero attached hydrogens (tertiary/aromatic N) is 3. The molecule has 16 heavy (non-hydrogen) atoms. The van der Waals surface area contributed by atoms with E-state index >= 15 is 0 Å². The molecule has 2 N–H and O–H groups in total. The van der Waals surface area contributed by atoms with Crippen molar-refractivity contribution in [3.05, 3.63) is 16.6 Å². The van der Waals surface area contributed by atoms with Gasteiger partial charge >= 0.3 is 0 Å². The molecular formula is C10H16N4S2. The number of thioether (sulfide) groups is 1. The number of hydrogen-bond acceptors (Lipinski definition) is 4. The number of rotatable bonds is 3. The Morgan fingerprint density at radius 1 is 1.50 bits per heavy atom. The maximum atomic E-state index is 5.94. The van der Waals surface area contributed by atoms with E-state index < -0.39 is 0 Å². The summed E-state index contributed by atoms with van der Waals surface area (Å²) in [6.07, 6.45) is 2.72. The molecular weight excluding hydrogens is 240 g/mol. The number of nitrogens with two attached hydrogens (primary N) is 1. The number of aliphatic imine (C=N–C) groups is 1. The van der Waals surface area contributed by atoms with Gasteiger partial charge in [-0.2, -0.15) is 11.8 Å². The first kappa shape index (κ1) is 11.7. The lowest BCUT2D eigenvalue weighted by atomic mass is 10.4. The summed E-state index contributed by atoms with van der Waals surface area (Å²) in [6.45, 7) is 2.79. The van der Waals surface area contributed by atoms with Crippen LogP contribution in [0.2, 0.25) is 0 Å². The van der Waals surface area contributed by atoms with Crippen LogP contribution in [0.15, 0.2) is 16.6 Å². The molecule has 0 aliphatic carbocycles. The van der Waals surface area contributed by atoms with Crippen molar-refractivity contribution in [2.24, 2.45) is 10.7 Å². The van der Waals surface area contributed by atoms with Gasteiger partial charge in [0.25, 0.3) is 0 Å². The van der Waals surface area contributed by atoms with Gasteiger partial charge in [0.2, 0.25) is 0 Å². The van der Waals surface area contributed by atoms with Gasteiger partial charge in [0.05, 0.1) is 5.01 Å². The third kappa shape index (κ3) is 3.38. The lowest BCUT2D eigenvalue weighted by Crippen LogP contribution is -2.42. The summed E-state index contributed by atoms with van der Waals surface area (Å²) in [7, 11) is 0. The Kier molecular flexibility index (Phi) is 4.47. The van der Waals surface area contributed by atoms with Crippen LogP contribution in [-0.2, 0) is 6.42 Å². The van der Waals surface area contributed by atoms with Crippen LogP contribution in [0.1, 0.15) is 5.01 Å². The average molecular weight is 256 g/mol. The minimum absolute atomic E-state index is 0.692. The Bertz CT molecular complexity index is 331. The SMILES string of the molecule is NC(=NCCc1nccs1)N1CCSCC1. The molecule has 88 valence electrons. The zero-order valence-corrected chi connectivity index (χ0v) is 10.8. The van der Waals surface area contributed by atoms with E-state index in [9.17, 15) is 0 Å². The fourth-order valence-electron chi connectivity index (χ4n) is 1.53. The summed E-state index contributed by atoms with van der Waals surface area (Å²) >= 11 is 3.65. The van der Waals surface area contributed by atoms with Gasteiger partial charge in [-0.3, -0.25) is 4.99 Å². The van der Waals surface area contributed by atoms with Gasteiger partial charge in [0, 0.05) is 49.1 Å². The first-order valence-corrected chi connectivity index (χ1v) is 7.40. The number of guanidine groups is 1. The van der Waals surface area contributed by atoms with Crippen molar-refractivity contribution >= 4 is 29.1 Å². The normalized spacial score (nSPS) is 17.8. The summed E-state index contributed by atoms with van der Waals surface area (Å²) in [4.78, 5) is 10.8. The molecule has 1 saturated heterocycles. The second kappa shape index (κ2) is 6.10. The van der Waals surface area contributed by atoms with Crippen LogP contribution < -0.4 is 5.73 Å². The monoisotopic (exact) mass is 256 g/mol. The predicted octanol–water partition coefficient (Wildman–Crippen LogP) is 1.05. The molecule has 1 aliphatic heterocycles. The smallest absolute Gasteiger partial charge is 0.191 e. The molecule has 2 rings (SSSR count). The largest absolute Gasteiger partial charge is 0.370 e. The third-order valence-electron chi connectivity index (χ3n) is 2.42. The number of hydrogen-bond donors (Lipinski definition) is 1. The highest BCUT2D eigenvalue weighted by molar-refractivity contribution is 7.99. The zero-order chi connectivity index (χ0) is 11.2. The molecule has 1 aliphatic rings. The molecule has 4 nitrogen and oxygen atoms in total. The molecule has 1 aromatic rings. The van der Waals surface area contributed by atoms with Crippen LogP contribution in [0.25, 0.3) is 0 Å². The molecule has 0 radical (unpaired) electrons. The van der Waals surface area contributed by atoms with Gasteiger partial charge in [0.15, 0.2) is 5.96 Å². The Balaban J connectivity index is 1.77. The first-order valence-electron chi connectivity index (χ1n) is 5.37. The second-order valence-corrected chi connectivity index (χ2v) is 5.72. The van der Waals surface area contributed by atoms with Crippen molar-refractivity contribution in [2.45, 2.75) is 6.42 Å². The fourth-order valence-corrected chi connectivity index (χ4v) is 3.05. The highest BCUT2D eigenvalue weighted by atomic mass is 32.2. The Morgan fingerprint density at radius 2 is 2.31 bits per heavy atom. The summed E-state index contributed by atoms with van der Waals surface area (Å²) < 4.78 is 0. The van der Waals surface area contributed by atoms with E-state index in [1.807, 2.05) is 23.3 Å². The third-order valence-corrected chi connectivity index (χ3v) is 4.20. The number of thiazole rings is 1. The van der Waals surface area contributed by atoms with Gasteiger partial charge in [-0.1, -0.05) is 0 Å². The second-order valence-electron chi connectivity index (χ2n) is 3.52. The van der Waals surface area contributed by atoms with Crippen molar-refractivity contribution in [2.75, 3.05) is 31.1 Å². The quantitative estimate of drug-likeness (QED) is 0.649. The molecule has 2 heterocycles.